The molecule has 1 unspecified atom stereocenters. The second-order valence-electron chi connectivity index (χ2n) is 8.72. The fourth-order valence-electron chi connectivity index (χ4n) is 4.66. The summed E-state index contributed by atoms with van der Waals surface area (Å²) in [6.07, 6.45) is 8.11. The normalized spacial score (nSPS) is 15.7. The molecule has 2 aromatic heterocycles. The van der Waals surface area contributed by atoms with Gasteiger partial charge in [-0.2, -0.15) is 5.10 Å². The number of allylic oxidation sites excluding steroid dienone is 1. The molecule has 2 bridgehead atoms. The van der Waals surface area contributed by atoms with Crippen LogP contribution in [0.5, 0.6) is 5.75 Å². The van der Waals surface area contributed by atoms with Crippen molar-refractivity contribution < 1.29 is 13.9 Å². The van der Waals surface area contributed by atoms with E-state index in [1.54, 1.807) is 47.0 Å². The van der Waals surface area contributed by atoms with Gasteiger partial charge in [-0.15, -0.1) is 0 Å². The highest BCUT2D eigenvalue weighted by atomic mass is 35.5. The fraction of sp³-hybridized carbons (Fsp3) is 0.185. The molecular formula is C27H21ClFN5O2S. The number of carbonyl (C=O) groups is 1. The van der Waals surface area contributed by atoms with Crippen molar-refractivity contribution in [3.8, 4) is 5.75 Å². The number of ether oxygens (including phenoxy) is 1. The molecular weight excluding hydrogens is 513 g/mol. The zero-order chi connectivity index (χ0) is 25.4. The minimum Gasteiger partial charge on any atom is -0.487 e. The van der Waals surface area contributed by atoms with E-state index in [-0.39, 0.29) is 24.2 Å². The molecule has 6 rings (SSSR count). The fourth-order valence-corrected chi connectivity index (χ4v) is 6.15. The molecule has 0 fully saturated rings. The minimum atomic E-state index is -0.306. The van der Waals surface area contributed by atoms with Crippen LogP contribution in [0.25, 0.3) is 5.57 Å². The first-order valence-electron chi connectivity index (χ1n) is 11.7. The molecule has 37 heavy (non-hydrogen) atoms. The summed E-state index contributed by atoms with van der Waals surface area (Å²) in [7, 11) is 0. The molecule has 0 radical (unpaired) electrons. The van der Waals surface area contributed by atoms with Gasteiger partial charge in [-0.3, -0.25) is 4.68 Å². The number of nitrogens with zero attached hydrogens (tertiary/aromatic N) is 4. The molecule has 0 saturated heterocycles. The van der Waals surface area contributed by atoms with Gasteiger partial charge in [0, 0.05) is 16.9 Å². The largest absolute Gasteiger partial charge is 0.487 e. The first kappa shape index (κ1) is 23.7. The highest BCUT2D eigenvalue weighted by Crippen LogP contribution is 2.50. The Bertz CT molecular complexity index is 1540. The number of nitrogens with one attached hydrogen (secondary N) is 1. The third-order valence-corrected chi connectivity index (χ3v) is 7.84. The summed E-state index contributed by atoms with van der Waals surface area (Å²) in [6.45, 7) is 0.466. The van der Waals surface area contributed by atoms with Crippen LogP contribution < -0.4 is 10.1 Å². The standard InChI is InChI=1S/C27H21ClFN5O2S/c28-21-12-19(5-7-23(21)36-14-16-2-1-3-18(29)10-16)33-26-25-17-4-6-22-20(13-32-34(22)8-9-35)24(11-17)37-27(25)31-15-30-26/h1-3,5,7,9-13,15,24H,4,6,8,14H2,(H,30,31,33). The van der Waals surface area contributed by atoms with E-state index in [1.807, 2.05) is 12.3 Å². The van der Waals surface area contributed by atoms with E-state index in [2.05, 4.69) is 26.5 Å². The van der Waals surface area contributed by atoms with Crippen molar-refractivity contribution in [2.75, 3.05) is 5.32 Å². The molecule has 0 saturated carbocycles. The van der Waals surface area contributed by atoms with Crippen LogP contribution in [0.2, 0.25) is 5.02 Å². The summed E-state index contributed by atoms with van der Waals surface area (Å²) < 4.78 is 21.0. The zero-order valence-corrected chi connectivity index (χ0v) is 21.1. The van der Waals surface area contributed by atoms with Crippen LogP contribution in [0.15, 0.2) is 66.1 Å². The Morgan fingerprint density at radius 2 is 2.14 bits per heavy atom. The SMILES string of the molecule is O=CCn1ncc2c1CCC1=CC2Sc2ncnc(Nc3ccc(OCc4cccc(F)c4)c(Cl)c3)c21. The summed E-state index contributed by atoms with van der Waals surface area (Å²) >= 11 is 8.15. The lowest BCUT2D eigenvalue weighted by atomic mass is 10.0. The number of carbonyl (C=O) groups excluding carboxylic acids is 1. The highest BCUT2D eigenvalue weighted by Gasteiger charge is 2.31. The summed E-state index contributed by atoms with van der Waals surface area (Å²) in [6, 6.07) is 11.7. The average molecular weight is 534 g/mol. The van der Waals surface area contributed by atoms with Crippen molar-refractivity contribution in [2.24, 2.45) is 0 Å². The molecule has 186 valence electrons. The van der Waals surface area contributed by atoms with Gasteiger partial charge in [-0.25, -0.2) is 14.4 Å². The Hall–Kier alpha value is -3.69. The molecule has 4 aromatic rings. The zero-order valence-electron chi connectivity index (χ0n) is 19.5. The van der Waals surface area contributed by atoms with E-state index >= 15 is 0 Å². The molecule has 2 aliphatic rings. The second-order valence-corrected chi connectivity index (χ2v) is 10.3. The van der Waals surface area contributed by atoms with Crippen LogP contribution in [-0.2, 0) is 24.4 Å². The van der Waals surface area contributed by atoms with Gasteiger partial charge in [0.25, 0.3) is 0 Å². The lowest BCUT2D eigenvalue weighted by Crippen LogP contribution is -2.07. The van der Waals surface area contributed by atoms with Crippen LogP contribution in [0.3, 0.4) is 0 Å². The van der Waals surface area contributed by atoms with Gasteiger partial charge in [0.15, 0.2) is 0 Å². The Balaban J connectivity index is 1.22. The van der Waals surface area contributed by atoms with Crippen molar-refractivity contribution in [2.45, 2.75) is 36.3 Å². The summed E-state index contributed by atoms with van der Waals surface area (Å²) in [5.74, 6) is 0.903. The first-order chi connectivity index (χ1) is 18.1. The maximum atomic E-state index is 13.4. The Labute approximate surface area is 221 Å². The van der Waals surface area contributed by atoms with Crippen LogP contribution >= 0.6 is 23.4 Å². The molecule has 10 heteroatoms. The van der Waals surface area contributed by atoms with E-state index in [9.17, 15) is 9.18 Å². The van der Waals surface area contributed by atoms with Crippen LogP contribution in [0.1, 0.15) is 34.1 Å². The molecule has 1 atom stereocenters. The lowest BCUT2D eigenvalue weighted by molar-refractivity contribution is -0.108. The first-order valence-corrected chi connectivity index (χ1v) is 13.0. The highest BCUT2D eigenvalue weighted by molar-refractivity contribution is 7.99. The predicted octanol–water partition coefficient (Wildman–Crippen LogP) is 6.16. The Kier molecular flexibility index (Phi) is 6.40. The quantitative estimate of drug-likeness (QED) is 0.225. The van der Waals surface area contributed by atoms with Gasteiger partial charge < -0.3 is 14.8 Å². The van der Waals surface area contributed by atoms with E-state index in [4.69, 9.17) is 16.3 Å². The summed E-state index contributed by atoms with van der Waals surface area (Å²) in [5.41, 5.74) is 5.84. The van der Waals surface area contributed by atoms with Gasteiger partial charge in [0.2, 0.25) is 0 Å². The maximum absolute atomic E-state index is 13.4. The van der Waals surface area contributed by atoms with Crippen LogP contribution in [0, 0.1) is 5.82 Å². The number of aldehydes is 1. The molecule has 2 aromatic carbocycles. The molecule has 1 N–H and O–H groups in total. The van der Waals surface area contributed by atoms with E-state index in [0.29, 0.717) is 16.6 Å². The average Bonchev–Trinajstić information content (AvgIpc) is 3.23. The Morgan fingerprint density at radius 1 is 1.22 bits per heavy atom. The van der Waals surface area contributed by atoms with E-state index < -0.39 is 0 Å². The number of benzene rings is 2. The maximum Gasteiger partial charge on any atom is 0.142 e. The summed E-state index contributed by atoms with van der Waals surface area (Å²) in [5, 5.41) is 9.23. The lowest BCUT2D eigenvalue weighted by Gasteiger charge is -2.22. The van der Waals surface area contributed by atoms with E-state index in [0.717, 1.165) is 57.8 Å². The molecule has 1 aliphatic carbocycles. The van der Waals surface area contributed by atoms with Crippen molar-refractivity contribution >= 4 is 46.7 Å². The van der Waals surface area contributed by atoms with Gasteiger partial charge in [0.1, 0.15) is 41.6 Å². The smallest absolute Gasteiger partial charge is 0.142 e. The monoisotopic (exact) mass is 533 g/mol. The third-order valence-electron chi connectivity index (χ3n) is 6.37. The number of hydrogen-bond donors (Lipinski definition) is 1. The molecule has 3 heterocycles. The van der Waals surface area contributed by atoms with Crippen molar-refractivity contribution in [3.05, 3.63) is 94.3 Å². The van der Waals surface area contributed by atoms with Crippen molar-refractivity contribution in [1.82, 2.24) is 19.7 Å². The molecule has 0 spiro atoms. The molecule has 7 nitrogen and oxygen atoms in total. The Morgan fingerprint density at radius 3 is 2.97 bits per heavy atom. The van der Waals surface area contributed by atoms with E-state index in [1.165, 1.54) is 12.1 Å². The van der Waals surface area contributed by atoms with Gasteiger partial charge in [-0.1, -0.05) is 41.6 Å². The summed E-state index contributed by atoms with van der Waals surface area (Å²) in [4.78, 5) is 20.2. The van der Waals surface area contributed by atoms with Gasteiger partial charge in [0.05, 0.1) is 28.6 Å². The van der Waals surface area contributed by atoms with Crippen molar-refractivity contribution in [3.63, 3.8) is 0 Å². The van der Waals surface area contributed by atoms with Gasteiger partial charge >= 0.3 is 0 Å². The predicted molar refractivity (Wildman–Crippen MR) is 141 cm³/mol. The molecule has 0 amide bonds. The number of thioether (sulfide) groups is 1. The second kappa shape index (κ2) is 9.99. The third kappa shape index (κ3) is 4.72. The number of hydrogen-bond acceptors (Lipinski definition) is 7. The minimum absolute atomic E-state index is 0.0899. The molecule has 1 aliphatic heterocycles. The van der Waals surface area contributed by atoms with Gasteiger partial charge in [-0.05, 0) is 54.3 Å². The number of anilines is 2. The number of aromatic nitrogens is 4. The number of halogens is 2. The topological polar surface area (TPSA) is 81.9 Å². The van der Waals surface area contributed by atoms with Crippen LogP contribution in [0.4, 0.5) is 15.9 Å². The van der Waals surface area contributed by atoms with Crippen LogP contribution in [-0.4, -0.2) is 26.0 Å². The number of fused-ring (bicyclic) bond motifs is 5. The van der Waals surface area contributed by atoms with Crippen molar-refractivity contribution in [1.29, 1.82) is 0 Å². The number of rotatable bonds is 7.